The summed E-state index contributed by atoms with van der Waals surface area (Å²) in [6.45, 7) is 5.00. The van der Waals surface area contributed by atoms with E-state index in [1.807, 2.05) is 0 Å². The Hall–Kier alpha value is -0.900. The van der Waals surface area contributed by atoms with Gasteiger partial charge in [0.2, 0.25) is 0 Å². The Balaban J connectivity index is 1.45. The zero-order chi connectivity index (χ0) is 13.8. The van der Waals surface area contributed by atoms with Gasteiger partial charge in [-0.15, -0.1) is 0 Å². The highest BCUT2D eigenvalue weighted by atomic mass is 16.5. The zero-order valence-corrected chi connectivity index (χ0v) is 12.5. The average molecular weight is 274 g/mol. The molecule has 1 N–H and O–H groups in total. The van der Waals surface area contributed by atoms with E-state index in [1.165, 1.54) is 24.0 Å². The number of rotatable bonds is 7. The number of nitrogens with one attached hydrogen (secondary N) is 1. The van der Waals surface area contributed by atoms with Crippen LogP contribution in [0.2, 0.25) is 0 Å². The van der Waals surface area contributed by atoms with Gasteiger partial charge in [0.15, 0.2) is 0 Å². The molecule has 1 fully saturated rings. The molecule has 20 heavy (non-hydrogen) atoms. The third-order valence-corrected chi connectivity index (χ3v) is 4.38. The number of hydrogen-bond acceptors (Lipinski definition) is 3. The fraction of sp³-hybridized carbons (Fsp3) is 0.647. The molecule has 110 valence electrons. The van der Waals surface area contributed by atoms with Crippen LogP contribution >= 0.6 is 0 Å². The maximum Gasteiger partial charge on any atom is 0.0593 e. The van der Waals surface area contributed by atoms with Gasteiger partial charge in [-0.05, 0) is 49.9 Å². The van der Waals surface area contributed by atoms with E-state index in [9.17, 15) is 0 Å². The SMILES string of the molecule is CN(CCOCC1CC1)CC1NCCc2ccccc21. The minimum atomic E-state index is 0.466. The van der Waals surface area contributed by atoms with Gasteiger partial charge >= 0.3 is 0 Å². The van der Waals surface area contributed by atoms with Crippen LogP contribution in [0.4, 0.5) is 0 Å². The maximum atomic E-state index is 5.72. The number of likely N-dealkylation sites (N-methyl/N-ethyl adjacent to an activating group) is 1. The summed E-state index contributed by atoms with van der Waals surface area (Å²) < 4.78 is 5.72. The first-order chi connectivity index (χ1) is 9.83. The Morgan fingerprint density at radius 1 is 1.30 bits per heavy atom. The molecule has 0 bridgehead atoms. The summed E-state index contributed by atoms with van der Waals surface area (Å²) in [5.74, 6) is 0.868. The van der Waals surface area contributed by atoms with Crippen LogP contribution in [-0.2, 0) is 11.2 Å². The second-order valence-electron chi connectivity index (χ2n) is 6.24. The van der Waals surface area contributed by atoms with Crippen molar-refractivity contribution in [2.24, 2.45) is 5.92 Å². The Morgan fingerprint density at radius 2 is 2.15 bits per heavy atom. The molecule has 0 saturated heterocycles. The molecule has 1 atom stereocenters. The molecular weight excluding hydrogens is 248 g/mol. The predicted octanol–water partition coefficient (Wildman–Crippen LogP) is 2.23. The highest BCUT2D eigenvalue weighted by Crippen LogP contribution is 2.28. The Morgan fingerprint density at radius 3 is 3.00 bits per heavy atom. The lowest BCUT2D eigenvalue weighted by molar-refractivity contribution is 0.100. The lowest BCUT2D eigenvalue weighted by Crippen LogP contribution is -2.38. The zero-order valence-electron chi connectivity index (χ0n) is 12.5. The van der Waals surface area contributed by atoms with Gasteiger partial charge in [0.25, 0.3) is 0 Å². The Kier molecular flexibility index (Phi) is 4.71. The van der Waals surface area contributed by atoms with E-state index in [1.54, 1.807) is 0 Å². The maximum absolute atomic E-state index is 5.72. The molecule has 1 saturated carbocycles. The smallest absolute Gasteiger partial charge is 0.0593 e. The summed E-state index contributed by atoms with van der Waals surface area (Å²) in [6, 6.07) is 9.30. The number of nitrogens with zero attached hydrogens (tertiary/aromatic N) is 1. The van der Waals surface area contributed by atoms with Gasteiger partial charge in [0.05, 0.1) is 6.61 Å². The van der Waals surface area contributed by atoms with E-state index in [0.717, 1.165) is 45.2 Å². The highest BCUT2D eigenvalue weighted by molar-refractivity contribution is 5.32. The minimum Gasteiger partial charge on any atom is -0.380 e. The summed E-state index contributed by atoms with van der Waals surface area (Å²) in [4.78, 5) is 2.38. The number of ether oxygens (including phenoxy) is 1. The van der Waals surface area contributed by atoms with Gasteiger partial charge in [-0.2, -0.15) is 0 Å². The molecule has 3 heteroatoms. The van der Waals surface area contributed by atoms with E-state index in [0.29, 0.717) is 6.04 Å². The van der Waals surface area contributed by atoms with Crippen LogP contribution in [0.15, 0.2) is 24.3 Å². The van der Waals surface area contributed by atoms with Crippen LogP contribution in [0.1, 0.15) is 30.0 Å². The van der Waals surface area contributed by atoms with Crippen LogP contribution in [0, 0.1) is 5.92 Å². The number of fused-ring (bicyclic) bond motifs is 1. The third-order valence-electron chi connectivity index (χ3n) is 4.38. The van der Waals surface area contributed by atoms with E-state index >= 15 is 0 Å². The molecule has 1 aromatic rings. The molecule has 1 aromatic carbocycles. The summed E-state index contributed by atoms with van der Waals surface area (Å²) in [6.07, 6.45) is 3.90. The molecular formula is C17H26N2O. The molecule has 1 aliphatic heterocycles. The fourth-order valence-electron chi connectivity index (χ4n) is 2.91. The van der Waals surface area contributed by atoms with Crippen molar-refractivity contribution in [3.8, 4) is 0 Å². The van der Waals surface area contributed by atoms with Gasteiger partial charge < -0.3 is 15.0 Å². The van der Waals surface area contributed by atoms with Crippen LogP contribution in [0.5, 0.6) is 0 Å². The van der Waals surface area contributed by atoms with Crippen molar-refractivity contribution >= 4 is 0 Å². The second kappa shape index (κ2) is 6.70. The van der Waals surface area contributed by atoms with Crippen LogP contribution in [-0.4, -0.2) is 44.8 Å². The monoisotopic (exact) mass is 274 g/mol. The van der Waals surface area contributed by atoms with E-state index < -0.39 is 0 Å². The standard InChI is InChI=1S/C17H26N2O/c1-19(10-11-20-13-14-6-7-14)12-17-16-5-3-2-4-15(16)8-9-18-17/h2-5,14,17-18H,6-13H2,1H3. The lowest BCUT2D eigenvalue weighted by Gasteiger charge is -2.30. The molecule has 0 aromatic heterocycles. The quantitative estimate of drug-likeness (QED) is 0.772. The van der Waals surface area contributed by atoms with Crippen LogP contribution in [0.25, 0.3) is 0 Å². The molecule has 1 aliphatic carbocycles. The molecule has 3 rings (SSSR count). The first-order valence-corrected chi connectivity index (χ1v) is 7.90. The predicted molar refractivity (Wildman–Crippen MR) is 81.9 cm³/mol. The van der Waals surface area contributed by atoms with Gasteiger partial charge in [0, 0.05) is 25.7 Å². The normalized spacial score (nSPS) is 22.0. The minimum absolute atomic E-state index is 0.466. The van der Waals surface area contributed by atoms with Crippen molar-refractivity contribution in [3.63, 3.8) is 0 Å². The summed E-state index contributed by atoms with van der Waals surface area (Å²) in [5.41, 5.74) is 2.99. The fourth-order valence-corrected chi connectivity index (χ4v) is 2.91. The summed E-state index contributed by atoms with van der Waals surface area (Å²) >= 11 is 0. The van der Waals surface area contributed by atoms with Crippen LogP contribution in [0.3, 0.4) is 0 Å². The van der Waals surface area contributed by atoms with E-state index in [2.05, 4.69) is 41.5 Å². The van der Waals surface area contributed by atoms with E-state index in [4.69, 9.17) is 4.74 Å². The van der Waals surface area contributed by atoms with Crippen molar-refractivity contribution in [2.75, 3.05) is 39.9 Å². The molecule has 1 heterocycles. The van der Waals surface area contributed by atoms with Crippen molar-refractivity contribution < 1.29 is 4.74 Å². The molecule has 3 nitrogen and oxygen atoms in total. The number of hydrogen-bond donors (Lipinski definition) is 1. The molecule has 1 unspecified atom stereocenters. The Bertz CT molecular complexity index is 431. The van der Waals surface area contributed by atoms with Gasteiger partial charge in [-0.1, -0.05) is 24.3 Å². The molecule has 0 spiro atoms. The average Bonchev–Trinajstić information content (AvgIpc) is 3.28. The van der Waals surface area contributed by atoms with Gasteiger partial charge in [-0.3, -0.25) is 0 Å². The topological polar surface area (TPSA) is 24.5 Å². The van der Waals surface area contributed by atoms with Gasteiger partial charge in [0.1, 0.15) is 0 Å². The third kappa shape index (κ3) is 3.81. The summed E-state index contributed by atoms with van der Waals surface area (Å²) in [7, 11) is 2.19. The molecule has 2 aliphatic rings. The van der Waals surface area contributed by atoms with E-state index in [-0.39, 0.29) is 0 Å². The number of benzene rings is 1. The van der Waals surface area contributed by atoms with Crippen molar-refractivity contribution in [2.45, 2.75) is 25.3 Å². The molecule has 0 amide bonds. The van der Waals surface area contributed by atoms with Crippen molar-refractivity contribution in [1.29, 1.82) is 0 Å². The summed E-state index contributed by atoms with van der Waals surface area (Å²) in [5, 5.41) is 3.64. The van der Waals surface area contributed by atoms with Gasteiger partial charge in [-0.25, -0.2) is 0 Å². The molecule has 0 radical (unpaired) electrons. The highest BCUT2D eigenvalue weighted by Gasteiger charge is 2.22. The Labute approximate surface area is 122 Å². The van der Waals surface area contributed by atoms with Crippen molar-refractivity contribution in [1.82, 2.24) is 10.2 Å². The second-order valence-corrected chi connectivity index (χ2v) is 6.24. The largest absolute Gasteiger partial charge is 0.380 e. The van der Waals surface area contributed by atoms with Crippen LogP contribution < -0.4 is 5.32 Å². The first-order valence-electron chi connectivity index (χ1n) is 7.90. The first kappa shape index (κ1) is 14.1. The lowest BCUT2D eigenvalue weighted by atomic mass is 9.94. The van der Waals surface area contributed by atoms with Crippen molar-refractivity contribution in [3.05, 3.63) is 35.4 Å².